The zero-order chi connectivity index (χ0) is 16.3. The van der Waals surface area contributed by atoms with E-state index in [1.54, 1.807) is 25.7 Å². The van der Waals surface area contributed by atoms with E-state index in [2.05, 4.69) is 5.32 Å². The molecule has 21 heavy (non-hydrogen) atoms. The first-order chi connectivity index (χ1) is 9.51. The molecular formula is C14H22F3N3O. The first kappa shape index (κ1) is 17.8. The highest BCUT2D eigenvalue weighted by Crippen LogP contribution is 2.30. The lowest BCUT2D eigenvalue weighted by atomic mass is 9.89. The number of piperidine rings is 1. The van der Waals surface area contributed by atoms with Crippen molar-refractivity contribution in [3.05, 3.63) is 0 Å². The number of rotatable bonds is 3. The first-order valence-corrected chi connectivity index (χ1v) is 6.98. The summed E-state index contributed by atoms with van der Waals surface area (Å²) in [6.45, 7) is 6.01. The van der Waals surface area contributed by atoms with Crippen LogP contribution in [0.15, 0.2) is 0 Å². The van der Waals surface area contributed by atoms with E-state index in [1.165, 1.54) is 0 Å². The molecule has 0 aromatic heterocycles. The van der Waals surface area contributed by atoms with Crippen LogP contribution in [0.3, 0.4) is 0 Å². The van der Waals surface area contributed by atoms with Crippen molar-refractivity contribution in [3.8, 4) is 6.07 Å². The van der Waals surface area contributed by atoms with Crippen molar-refractivity contribution < 1.29 is 18.0 Å². The summed E-state index contributed by atoms with van der Waals surface area (Å²) in [4.78, 5) is 13.6. The summed E-state index contributed by atoms with van der Waals surface area (Å²) >= 11 is 0. The van der Waals surface area contributed by atoms with Crippen molar-refractivity contribution >= 4 is 5.91 Å². The molecule has 1 rings (SSSR count). The van der Waals surface area contributed by atoms with Crippen molar-refractivity contribution in [2.45, 2.75) is 45.8 Å². The molecule has 1 saturated heterocycles. The van der Waals surface area contributed by atoms with Gasteiger partial charge in [0.05, 0.1) is 12.6 Å². The second kappa shape index (κ2) is 6.65. The van der Waals surface area contributed by atoms with Crippen LogP contribution < -0.4 is 5.32 Å². The third kappa shape index (κ3) is 6.34. The molecule has 0 saturated carbocycles. The molecule has 0 aromatic carbocycles. The predicted octanol–water partition coefficient (Wildman–Crippen LogP) is 2.32. The van der Waals surface area contributed by atoms with E-state index in [0.717, 1.165) is 0 Å². The summed E-state index contributed by atoms with van der Waals surface area (Å²) in [6.07, 6.45) is -4.81. The average Bonchev–Trinajstić information content (AvgIpc) is 2.25. The molecule has 1 aliphatic heterocycles. The number of amides is 1. The Balaban J connectivity index is 2.70. The lowest BCUT2D eigenvalue weighted by Crippen LogP contribution is -2.53. The van der Waals surface area contributed by atoms with Gasteiger partial charge in [0.15, 0.2) is 0 Å². The lowest BCUT2D eigenvalue weighted by Gasteiger charge is -2.38. The summed E-state index contributed by atoms with van der Waals surface area (Å²) in [5, 5.41) is 11.5. The van der Waals surface area contributed by atoms with Crippen molar-refractivity contribution in [2.75, 3.05) is 19.6 Å². The number of hydrogen-bond donors (Lipinski definition) is 1. The van der Waals surface area contributed by atoms with Gasteiger partial charge in [0.1, 0.15) is 0 Å². The van der Waals surface area contributed by atoms with Gasteiger partial charge in [-0.25, -0.2) is 0 Å². The molecule has 2 unspecified atom stereocenters. The third-order valence-electron chi connectivity index (χ3n) is 3.44. The standard InChI is InChI=1S/C14H22F3N3O/c1-13(2,3)12(21)19-11-6-10(7-14(15,16)17)8-20(9-11)5-4-18/h10-11H,5-9H2,1-3H3,(H,19,21). The second-order valence-corrected chi connectivity index (χ2v) is 6.69. The number of alkyl halides is 3. The molecule has 2 atom stereocenters. The minimum atomic E-state index is -4.22. The first-order valence-electron chi connectivity index (χ1n) is 6.98. The van der Waals surface area contributed by atoms with E-state index in [0.29, 0.717) is 13.0 Å². The van der Waals surface area contributed by atoms with E-state index in [-0.39, 0.29) is 25.0 Å². The van der Waals surface area contributed by atoms with Crippen LogP contribution in [0, 0.1) is 22.7 Å². The number of carbonyl (C=O) groups is 1. The Hall–Kier alpha value is -1.29. The van der Waals surface area contributed by atoms with Gasteiger partial charge < -0.3 is 5.32 Å². The van der Waals surface area contributed by atoms with Gasteiger partial charge in [-0.3, -0.25) is 9.69 Å². The van der Waals surface area contributed by atoms with Crippen LogP contribution in [0.25, 0.3) is 0 Å². The predicted molar refractivity (Wildman–Crippen MR) is 72.2 cm³/mol. The summed E-state index contributed by atoms with van der Waals surface area (Å²) in [7, 11) is 0. The molecule has 1 aliphatic rings. The molecule has 1 N–H and O–H groups in total. The number of nitrogens with one attached hydrogen (secondary N) is 1. The van der Waals surface area contributed by atoms with Crippen LogP contribution in [0.1, 0.15) is 33.6 Å². The molecule has 0 aliphatic carbocycles. The van der Waals surface area contributed by atoms with Crippen molar-refractivity contribution in [1.82, 2.24) is 10.2 Å². The Labute approximate surface area is 123 Å². The summed E-state index contributed by atoms with van der Waals surface area (Å²) < 4.78 is 37.7. The molecule has 120 valence electrons. The summed E-state index contributed by atoms with van der Waals surface area (Å²) in [6, 6.07) is 1.62. The lowest BCUT2D eigenvalue weighted by molar-refractivity contribution is -0.149. The zero-order valence-electron chi connectivity index (χ0n) is 12.6. The van der Waals surface area contributed by atoms with Gasteiger partial charge >= 0.3 is 6.18 Å². The maximum atomic E-state index is 12.6. The van der Waals surface area contributed by atoms with Gasteiger partial charge in [-0.1, -0.05) is 20.8 Å². The quantitative estimate of drug-likeness (QED) is 0.814. The van der Waals surface area contributed by atoms with Gasteiger partial charge in [0.2, 0.25) is 5.91 Å². The maximum absolute atomic E-state index is 12.6. The van der Waals surface area contributed by atoms with Crippen molar-refractivity contribution in [1.29, 1.82) is 5.26 Å². The number of nitriles is 1. The Bertz CT molecular complexity index is 409. The van der Waals surface area contributed by atoms with Crippen LogP contribution in [-0.4, -0.2) is 42.7 Å². The van der Waals surface area contributed by atoms with Gasteiger partial charge in [0.25, 0.3) is 0 Å². The fourth-order valence-electron chi connectivity index (χ4n) is 2.51. The number of nitrogens with zero attached hydrogens (tertiary/aromatic N) is 2. The Kier molecular flexibility index (Phi) is 5.62. The largest absolute Gasteiger partial charge is 0.389 e. The summed E-state index contributed by atoms with van der Waals surface area (Å²) in [5.41, 5.74) is -0.586. The minimum absolute atomic E-state index is 0.0796. The highest BCUT2D eigenvalue weighted by Gasteiger charge is 2.37. The highest BCUT2D eigenvalue weighted by molar-refractivity contribution is 5.81. The van der Waals surface area contributed by atoms with Gasteiger partial charge in [-0.2, -0.15) is 18.4 Å². The van der Waals surface area contributed by atoms with Crippen LogP contribution >= 0.6 is 0 Å². The van der Waals surface area contributed by atoms with E-state index in [4.69, 9.17) is 5.26 Å². The second-order valence-electron chi connectivity index (χ2n) is 6.69. The number of halogens is 3. The van der Waals surface area contributed by atoms with E-state index in [1.807, 2.05) is 6.07 Å². The SMILES string of the molecule is CC(C)(C)C(=O)NC1CC(CC(F)(F)F)CN(CC#N)C1. The van der Waals surface area contributed by atoms with Crippen LogP contribution in [0.4, 0.5) is 13.2 Å². The number of hydrogen-bond acceptors (Lipinski definition) is 3. The molecule has 7 heteroatoms. The third-order valence-corrected chi connectivity index (χ3v) is 3.44. The van der Waals surface area contributed by atoms with Crippen LogP contribution in [0.2, 0.25) is 0 Å². The monoisotopic (exact) mass is 305 g/mol. The summed E-state index contributed by atoms with van der Waals surface area (Å²) in [5.74, 6) is -0.769. The average molecular weight is 305 g/mol. The fraction of sp³-hybridized carbons (Fsp3) is 0.857. The fourth-order valence-corrected chi connectivity index (χ4v) is 2.51. The van der Waals surface area contributed by atoms with Crippen LogP contribution in [-0.2, 0) is 4.79 Å². The molecular weight excluding hydrogens is 283 g/mol. The van der Waals surface area contributed by atoms with E-state index >= 15 is 0 Å². The van der Waals surface area contributed by atoms with Gasteiger partial charge in [-0.05, 0) is 12.3 Å². The van der Waals surface area contributed by atoms with Gasteiger partial charge in [-0.15, -0.1) is 0 Å². The zero-order valence-corrected chi connectivity index (χ0v) is 12.6. The number of carbonyl (C=O) groups excluding carboxylic acids is 1. The molecule has 0 aromatic rings. The topological polar surface area (TPSA) is 56.1 Å². The van der Waals surface area contributed by atoms with E-state index < -0.39 is 23.9 Å². The van der Waals surface area contributed by atoms with Crippen molar-refractivity contribution in [3.63, 3.8) is 0 Å². The van der Waals surface area contributed by atoms with E-state index in [9.17, 15) is 18.0 Å². The molecule has 4 nitrogen and oxygen atoms in total. The van der Waals surface area contributed by atoms with Crippen LogP contribution in [0.5, 0.6) is 0 Å². The normalized spacial score (nSPS) is 24.4. The molecule has 0 spiro atoms. The minimum Gasteiger partial charge on any atom is -0.352 e. The van der Waals surface area contributed by atoms with Crippen molar-refractivity contribution in [2.24, 2.45) is 11.3 Å². The number of likely N-dealkylation sites (tertiary alicyclic amines) is 1. The molecule has 1 amide bonds. The Morgan fingerprint density at radius 2 is 1.95 bits per heavy atom. The van der Waals surface area contributed by atoms with Gasteiger partial charge in [0, 0.05) is 31.0 Å². The molecule has 0 bridgehead atoms. The molecule has 1 heterocycles. The molecule has 0 radical (unpaired) electrons. The maximum Gasteiger partial charge on any atom is 0.389 e. The highest BCUT2D eigenvalue weighted by atomic mass is 19.4. The molecule has 1 fully saturated rings. The smallest absolute Gasteiger partial charge is 0.352 e. The Morgan fingerprint density at radius 1 is 1.33 bits per heavy atom. The Morgan fingerprint density at radius 3 is 2.43 bits per heavy atom.